The Bertz CT molecular complexity index is 254. The van der Waals surface area contributed by atoms with E-state index in [1.807, 2.05) is 0 Å². The van der Waals surface area contributed by atoms with Crippen molar-refractivity contribution in [2.45, 2.75) is 0 Å². The molecule has 0 aliphatic heterocycles. The number of hydrogen-bond donors (Lipinski definition) is 0. The molecular weight excluding hydrogens is 217 g/mol. The lowest BCUT2D eigenvalue weighted by Gasteiger charge is -1.99. The Labute approximate surface area is 71.5 Å². The number of allylic oxidation sites excluding steroid dienone is 4. The first-order valence-corrected chi connectivity index (χ1v) is 3.65. The van der Waals surface area contributed by atoms with Crippen LogP contribution in [0.1, 0.15) is 0 Å². The van der Waals surface area contributed by atoms with Crippen molar-refractivity contribution in [1.82, 2.24) is 0 Å². The lowest BCUT2D eigenvalue weighted by Crippen LogP contribution is -2.02. The van der Waals surface area contributed by atoms with Crippen LogP contribution in [0.15, 0.2) is 27.2 Å². The van der Waals surface area contributed by atoms with Gasteiger partial charge in [0.2, 0.25) is 0 Å². The van der Waals surface area contributed by atoms with E-state index in [1.165, 1.54) is 12.2 Å². The van der Waals surface area contributed by atoms with Gasteiger partial charge in [-0.15, -0.1) is 0 Å². The van der Waals surface area contributed by atoms with E-state index in [0.717, 1.165) is 0 Å². The second kappa shape index (κ2) is 3.12. The summed E-state index contributed by atoms with van der Waals surface area (Å²) in [4.78, 5) is 10.6. The van der Waals surface area contributed by atoms with Crippen LogP contribution in [0.3, 0.4) is 0 Å². The first-order valence-electron chi connectivity index (χ1n) is 2.52. The summed E-state index contributed by atoms with van der Waals surface area (Å²) in [6.07, 6.45) is 4.38. The lowest BCUT2D eigenvalue weighted by molar-refractivity contribution is -0.110. The molecule has 1 rings (SSSR count). The molecule has 1 aliphatic rings. The molecule has 0 heterocycles. The number of carbonyl (C=O) groups is 1. The second-order valence-corrected chi connectivity index (χ2v) is 2.72. The van der Waals surface area contributed by atoms with Crippen molar-refractivity contribution in [2.75, 3.05) is 0 Å². The molecule has 1 aliphatic carbocycles. The molecule has 0 amide bonds. The van der Waals surface area contributed by atoms with E-state index in [9.17, 15) is 4.79 Å². The van der Waals surface area contributed by atoms with Gasteiger partial charge in [0.25, 0.3) is 0 Å². The molecule has 0 saturated heterocycles. The highest BCUT2D eigenvalue weighted by Gasteiger charge is 2.07. The highest BCUT2D eigenvalue weighted by atomic mass is 79.9. The number of carbonyl (C=O) groups excluding carboxylic acids is 1. The van der Waals surface area contributed by atoms with Gasteiger partial charge in [-0.2, -0.15) is 4.51 Å². The van der Waals surface area contributed by atoms with Gasteiger partial charge in [-0.3, -0.25) is 4.79 Å². The van der Waals surface area contributed by atoms with Gasteiger partial charge in [0.15, 0.2) is 5.78 Å². The largest absolute Gasteiger partial charge is 0.290 e. The summed E-state index contributed by atoms with van der Waals surface area (Å²) >= 11 is 8.31. The third kappa shape index (κ3) is 1.55. The lowest BCUT2D eigenvalue weighted by atomic mass is 10.2. The number of rotatable bonds is 0. The summed E-state index contributed by atoms with van der Waals surface area (Å²) in [5, 5.41) is 0. The van der Waals surface area contributed by atoms with Crippen molar-refractivity contribution in [1.29, 1.82) is 0 Å². The zero-order valence-corrected chi connectivity index (χ0v) is 7.19. The molecule has 0 unspecified atom stereocenters. The summed E-state index contributed by atoms with van der Waals surface area (Å²) in [5.41, 5.74) is 0.571. The van der Waals surface area contributed by atoms with Gasteiger partial charge in [0.1, 0.15) is 0 Å². The molecule has 10 heavy (non-hydrogen) atoms. The molecule has 0 fully saturated rings. The SMILES string of the molecule is O=C1C=CC(=NCl)C(Br)=C1. The van der Waals surface area contributed by atoms with Crippen molar-refractivity contribution in [3.05, 3.63) is 22.7 Å². The standard InChI is InChI=1S/C6H3BrClNO/c7-5-3-4(10)1-2-6(5)9-8/h1-3H. The van der Waals surface area contributed by atoms with E-state index in [-0.39, 0.29) is 5.78 Å². The van der Waals surface area contributed by atoms with Crippen molar-refractivity contribution >= 4 is 39.2 Å². The topological polar surface area (TPSA) is 29.4 Å². The monoisotopic (exact) mass is 219 g/mol. The molecule has 4 heteroatoms. The van der Waals surface area contributed by atoms with E-state index in [0.29, 0.717) is 10.2 Å². The third-order valence-corrected chi connectivity index (χ3v) is 1.83. The fourth-order valence-electron chi connectivity index (χ4n) is 0.556. The molecular formula is C6H3BrClNO. The van der Waals surface area contributed by atoms with Gasteiger partial charge in [-0.1, -0.05) is 0 Å². The van der Waals surface area contributed by atoms with Crippen molar-refractivity contribution in [3.63, 3.8) is 0 Å². The molecule has 0 atom stereocenters. The van der Waals surface area contributed by atoms with Crippen LogP contribution in [-0.4, -0.2) is 11.5 Å². The Morgan fingerprint density at radius 2 is 2.20 bits per heavy atom. The van der Waals surface area contributed by atoms with Crippen LogP contribution in [0.2, 0.25) is 0 Å². The van der Waals surface area contributed by atoms with Crippen LogP contribution in [0.5, 0.6) is 0 Å². The van der Waals surface area contributed by atoms with E-state index in [1.54, 1.807) is 6.08 Å². The van der Waals surface area contributed by atoms with Crippen LogP contribution < -0.4 is 0 Å². The predicted molar refractivity (Wildman–Crippen MR) is 44.4 cm³/mol. The van der Waals surface area contributed by atoms with Crippen LogP contribution in [0.4, 0.5) is 0 Å². The van der Waals surface area contributed by atoms with Gasteiger partial charge in [-0.25, -0.2) is 0 Å². The van der Waals surface area contributed by atoms with Gasteiger partial charge >= 0.3 is 0 Å². The van der Waals surface area contributed by atoms with E-state index in [2.05, 4.69) is 20.4 Å². The van der Waals surface area contributed by atoms with Crippen LogP contribution in [0, 0.1) is 0 Å². The molecule has 0 aromatic rings. The maximum atomic E-state index is 10.6. The summed E-state index contributed by atoms with van der Waals surface area (Å²) in [7, 11) is 0. The average molecular weight is 220 g/mol. The number of nitrogens with zero attached hydrogens (tertiary/aromatic N) is 1. The van der Waals surface area contributed by atoms with Crippen molar-refractivity contribution in [3.8, 4) is 0 Å². The minimum Gasteiger partial charge on any atom is -0.290 e. The summed E-state index contributed by atoms with van der Waals surface area (Å²) in [6.45, 7) is 0. The van der Waals surface area contributed by atoms with Gasteiger partial charge < -0.3 is 0 Å². The molecule has 52 valence electrons. The fourth-order valence-corrected chi connectivity index (χ4v) is 1.25. The zero-order valence-electron chi connectivity index (χ0n) is 4.84. The smallest absolute Gasteiger partial charge is 0.179 e. The van der Waals surface area contributed by atoms with Gasteiger partial charge in [-0.05, 0) is 28.1 Å². The highest BCUT2D eigenvalue weighted by molar-refractivity contribution is 9.12. The number of ketones is 1. The fraction of sp³-hybridized carbons (Fsp3) is 0. The molecule has 0 spiro atoms. The Morgan fingerprint density at radius 1 is 1.50 bits per heavy atom. The average Bonchev–Trinajstić information content (AvgIpc) is 1.88. The minimum atomic E-state index is -0.0593. The van der Waals surface area contributed by atoms with Crippen molar-refractivity contribution < 1.29 is 4.79 Å². The third-order valence-electron chi connectivity index (χ3n) is 1.01. The van der Waals surface area contributed by atoms with Gasteiger partial charge in [0, 0.05) is 22.3 Å². The molecule has 0 saturated carbocycles. The molecule has 0 aromatic carbocycles. The summed E-state index contributed by atoms with van der Waals surface area (Å²) in [6, 6.07) is 0. The zero-order chi connectivity index (χ0) is 7.56. The minimum absolute atomic E-state index is 0.0593. The first kappa shape index (κ1) is 7.69. The van der Waals surface area contributed by atoms with E-state index >= 15 is 0 Å². The molecule has 0 aromatic heterocycles. The summed E-state index contributed by atoms with van der Waals surface area (Å²) in [5.74, 6) is -0.0593. The quantitative estimate of drug-likeness (QED) is 0.574. The highest BCUT2D eigenvalue weighted by Crippen LogP contribution is 2.13. The second-order valence-electron chi connectivity index (χ2n) is 1.70. The van der Waals surface area contributed by atoms with Crippen LogP contribution >= 0.6 is 27.7 Å². The number of hydrogen-bond acceptors (Lipinski definition) is 2. The maximum Gasteiger partial charge on any atom is 0.179 e. The Balaban J connectivity index is 2.97. The molecule has 0 radical (unpaired) electrons. The van der Waals surface area contributed by atoms with Crippen LogP contribution in [-0.2, 0) is 4.79 Å². The van der Waals surface area contributed by atoms with Crippen LogP contribution in [0.25, 0.3) is 0 Å². The Morgan fingerprint density at radius 3 is 2.70 bits per heavy atom. The van der Waals surface area contributed by atoms with Gasteiger partial charge in [0.05, 0.1) is 5.71 Å². The maximum absolute atomic E-state index is 10.6. The predicted octanol–water partition coefficient (Wildman–Crippen LogP) is 2.00. The van der Waals surface area contributed by atoms with Crippen molar-refractivity contribution in [2.24, 2.45) is 4.51 Å². The Hall–Kier alpha value is -0.410. The molecule has 0 bridgehead atoms. The molecule has 2 nitrogen and oxygen atoms in total. The van der Waals surface area contributed by atoms with E-state index < -0.39 is 0 Å². The number of halogens is 2. The first-order chi connectivity index (χ1) is 4.74. The summed E-state index contributed by atoms with van der Waals surface area (Å²) < 4.78 is 4.02. The van der Waals surface area contributed by atoms with E-state index in [4.69, 9.17) is 11.8 Å². The Kier molecular flexibility index (Phi) is 2.40. The normalized spacial score (nSPS) is 21.6. The molecule has 0 N–H and O–H groups in total.